The van der Waals surface area contributed by atoms with Gasteiger partial charge >= 0.3 is 6.03 Å². The van der Waals surface area contributed by atoms with Crippen LogP contribution in [0.3, 0.4) is 0 Å². The molecule has 3 unspecified atom stereocenters. The van der Waals surface area contributed by atoms with Gasteiger partial charge in [0.2, 0.25) is 0 Å². The fraction of sp³-hybridized carbons (Fsp3) is 0.929. The van der Waals surface area contributed by atoms with Crippen LogP contribution in [0.25, 0.3) is 0 Å². The summed E-state index contributed by atoms with van der Waals surface area (Å²) in [6, 6.07) is 0.441. The second-order valence-electron chi connectivity index (χ2n) is 5.92. The van der Waals surface area contributed by atoms with E-state index < -0.39 is 0 Å². The van der Waals surface area contributed by atoms with Crippen LogP contribution in [-0.2, 0) is 0 Å². The first-order valence-electron chi connectivity index (χ1n) is 7.28. The standard InChI is InChI=1S/C14H29N3O2/c1-11-10-16(3)8-7-13(11)17(4)14(19)15-12(2)6-5-9-18/h11-13,18H,5-10H2,1-4H3,(H,15,19). The summed E-state index contributed by atoms with van der Waals surface area (Å²) in [5.74, 6) is 0.502. The third-order valence-electron chi connectivity index (χ3n) is 4.05. The number of piperidine rings is 1. The Balaban J connectivity index is 2.43. The first-order valence-corrected chi connectivity index (χ1v) is 7.28. The van der Waals surface area contributed by atoms with Gasteiger partial charge in [-0.05, 0) is 45.7 Å². The normalized spacial score (nSPS) is 25.9. The van der Waals surface area contributed by atoms with Crippen molar-refractivity contribution >= 4 is 6.03 Å². The molecule has 0 aliphatic carbocycles. The number of urea groups is 1. The third kappa shape index (κ3) is 4.99. The van der Waals surface area contributed by atoms with Crippen molar-refractivity contribution in [1.82, 2.24) is 15.1 Å². The Morgan fingerprint density at radius 2 is 2.26 bits per heavy atom. The zero-order valence-corrected chi connectivity index (χ0v) is 12.7. The van der Waals surface area contributed by atoms with Gasteiger partial charge in [-0.2, -0.15) is 0 Å². The number of likely N-dealkylation sites (tertiary alicyclic amines) is 1. The van der Waals surface area contributed by atoms with Gasteiger partial charge in [-0.1, -0.05) is 6.92 Å². The van der Waals surface area contributed by atoms with E-state index in [1.54, 1.807) is 0 Å². The molecule has 0 bridgehead atoms. The number of nitrogens with zero attached hydrogens (tertiary/aromatic N) is 2. The lowest BCUT2D eigenvalue weighted by Crippen LogP contribution is -2.53. The average molecular weight is 271 g/mol. The lowest BCUT2D eigenvalue weighted by Gasteiger charge is -2.40. The maximum absolute atomic E-state index is 12.2. The maximum atomic E-state index is 12.2. The fourth-order valence-electron chi connectivity index (χ4n) is 2.85. The van der Waals surface area contributed by atoms with Gasteiger partial charge in [-0.25, -0.2) is 4.79 Å². The molecule has 19 heavy (non-hydrogen) atoms. The predicted molar refractivity (Wildman–Crippen MR) is 77.1 cm³/mol. The van der Waals surface area contributed by atoms with E-state index in [-0.39, 0.29) is 18.7 Å². The highest BCUT2D eigenvalue weighted by Crippen LogP contribution is 2.20. The molecule has 3 atom stereocenters. The molecule has 1 aliphatic heterocycles. The quantitative estimate of drug-likeness (QED) is 0.788. The van der Waals surface area contributed by atoms with Gasteiger partial charge in [0.05, 0.1) is 0 Å². The second-order valence-corrected chi connectivity index (χ2v) is 5.92. The molecule has 0 aromatic rings. The summed E-state index contributed by atoms with van der Waals surface area (Å²) >= 11 is 0. The van der Waals surface area contributed by atoms with Crippen LogP contribution in [0.15, 0.2) is 0 Å². The average Bonchev–Trinajstić information content (AvgIpc) is 2.35. The molecule has 1 heterocycles. The van der Waals surface area contributed by atoms with Gasteiger partial charge in [0.15, 0.2) is 0 Å². The predicted octanol–water partition coefficient (Wildman–Crippen LogP) is 1.13. The number of nitrogens with one attached hydrogen (secondary N) is 1. The number of aliphatic hydroxyl groups excluding tert-OH is 1. The van der Waals surface area contributed by atoms with Crippen LogP contribution >= 0.6 is 0 Å². The monoisotopic (exact) mass is 271 g/mol. The van der Waals surface area contributed by atoms with Crippen molar-refractivity contribution in [3.8, 4) is 0 Å². The highest BCUT2D eigenvalue weighted by molar-refractivity contribution is 5.74. The summed E-state index contributed by atoms with van der Waals surface area (Å²) in [5.41, 5.74) is 0. The lowest BCUT2D eigenvalue weighted by molar-refractivity contribution is 0.106. The van der Waals surface area contributed by atoms with Crippen LogP contribution in [0, 0.1) is 5.92 Å². The Labute approximate surface area is 117 Å². The van der Waals surface area contributed by atoms with E-state index in [0.717, 1.165) is 32.4 Å². The molecule has 0 radical (unpaired) electrons. The SMILES string of the molecule is CC(CCCO)NC(=O)N(C)C1CCN(C)CC1C. The van der Waals surface area contributed by atoms with Crippen LogP contribution in [-0.4, -0.2) is 66.8 Å². The van der Waals surface area contributed by atoms with Crippen LogP contribution < -0.4 is 5.32 Å². The van der Waals surface area contributed by atoms with Gasteiger partial charge in [-0.3, -0.25) is 0 Å². The topological polar surface area (TPSA) is 55.8 Å². The number of aliphatic hydroxyl groups is 1. The summed E-state index contributed by atoms with van der Waals surface area (Å²) in [6.07, 6.45) is 2.58. The fourth-order valence-corrected chi connectivity index (χ4v) is 2.85. The second kappa shape index (κ2) is 7.70. The minimum absolute atomic E-state index is 0.00634. The van der Waals surface area contributed by atoms with Gasteiger partial charge in [-0.15, -0.1) is 0 Å². The van der Waals surface area contributed by atoms with Crippen LogP contribution in [0.5, 0.6) is 0 Å². The van der Waals surface area contributed by atoms with Gasteiger partial charge in [0.1, 0.15) is 0 Å². The molecule has 5 heteroatoms. The molecule has 1 fully saturated rings. The highest BCUT2D eigenvalue weighted by Gasteiger charge is 2.30. The first-order chi connectivity index (χ1) is 8.95. The van der Waals surface area contributed by atoms with E-state index in [4.69, 9.17) is 5.11 Å². The van der Waals surface area contributed by atoms with Crippen molar-refractivity contribution in [2.45, 2.75) is 45.2 Å². The molecule has 0 saturated carbocycles. The Hall–Kier alpha value is -0.810. The molecule has 1 aliphatic rings. The van der Waals surface area contributed by atoms with Gasteiger partial charge < -0.3 is 20.2 Å². The molecule has 112 valence electrons. The molecular weight excluding hydrogens is 242 g/mol. The van der Waals surface area contributed by atoms with Crippen LogP contribution in [0.1, 0.15) is 33.1 Å². The molecule has 5 nitrogen and oxygen atoms in total. The zero-order valence-electron chi connectivity index (χ0n) is 12.7. The molecule has 2 amide bonds. The lowest BCUT2D eigenvalue weighted by atomic mass is 9.93. The minimum atomic E-state index is 0.00634. The van der Waals surface area contributed by atoms with Crippen LogP contribution in [0.4, 0.5) is 4.79 Å². The van der Waals surface area contributed by atoms with E-state index in [9.17, 15) is 4.79 Å². The third-order valence-corrected chi connectivity index (χ3v) is 4.05. The van der Waals surface area contributed by atoms with E-state index in [2.05, 4.69) is 24.2 Å². The molecule has 0 aromatic carbocycles. The minimum Gasteiger partial charge on any atom is -0.396 e. The Morgan fingerprint density at radius 1 is 1.58 bits per heavy atom. The number of amides is 2. The van der Waals surface area contributed by atoms with Crippen molar-refractivity contribution in [3.05, 3.63) is 0 Å². The van der Waals surface area contributed by atoms with Crippen molar-refractivity contribution in [1.29, 1.82) is 0 Å². The number of hydrogen-bond donors (Lipinski definition) is 2. The van der Waals surface area contributed by atoms with Crippen molar-refractivity contribution in [3.63, 3.8) is 0 Å². The zero-order chi connectivity index (χ0) is 14.4. The summed E-state index contributed by atoms with van der Waals surface area (Å²) in [5, 5.41) is 11.8. The largest absolute Gasteiger partial charge is 0.396 e. The first kappa shape index (κ1) is 16.2. The summed E-state index contributed by atoms with van der Waals surface area (Å²) in [7, 11) is 4.02. The molecular formula is C14H29N3O2. The van der Waals surface area contributed by atoms with Crippen LogP contribution in [0.2, 0.25) is 0 Å². The van der Waals surface area contributed by atoms with E-state index >= 15 is 0 Å². The highest BCUT2D eigenvalue weighted by atomic mass is 16.3. The summed E-state index contributed by atoms with van der Waals surface area (Å²) in [6.45, 7) is 6.47. The van der Waals surface area contributed by atoms with Gasteiger partial charge in [0.25, 0.3) is 0 Å². The number of hydrogen-bond acceptors (Lipinski definition) is 3. The Bertz CT molecular complexity index is 286. The smallest absolute Gasteiger partial charge is 0.317 e. The van der Waals surface area contributed by atoms with Crippen molar-refractivity contribution in [2.24, 2.45) is 5.92 Å². The molecule has 1 saturated heterocycles. The Morgan fingerprint density at radius 3 is 2.84 bits per heavy atom. The number of carbonyl (C=O) groups is 1. The van der Waals surface area contributed by atoms with Crippen molar-refractivity contribution < 1.29 is 9.90 Å². The molecule has 1 rings (SSSR count). The number of rotatable bonds is 5. The molecule has 0 spiro atoms. The summed E-state index contributed by atoms with van der Waals surface area (Å²) in [4.78, 5) is 16.4. The Kier molecular flexibility index (Phi) is 6.58. The molecule has 2 N–H and O–H groups in total. The summed E-state index contributed by atoms with van der Waals surface area (Å²) < 4.78 is 0. The van der Waals surface area contributed by atoms with Gasteiger partial charge in [0, 0.05) is 32.3 Å². The van der Waals surface area contributed by atoms with E-state index in [1.807, 2.05) is 18.9 Å². The number of carbonyl (C=O) groups excluding carboxylic acids is 1. The maximum Gasteiger partial charge on any atom is 0.317 e. The van der Waals surface area contributed by atoms with E-state index in [0.29, 0.717) is 12.0 Å². The van der Waals surface area contributed by atoms with Crippen molar-refractivity contribution in [2.75, 3.05) is 33.8 Å². The van der Waals surface area contributed by atoms with E-state index in [1.165, 1.54) is 0 Å². The molecule has 0 aromatic heterocycles.